The molecule has 2 aromatic heterocycles. The van der Waals surface area contributed by atoms with Crippen molar-refractivity contribution in [1.82, 2.24) is 15.0 Å². The van der Waals surface area contributed by atoms with E-state index in [9.17, 15) is 5.11 Å². The molecule has 3 fully saturated rings. The van der Waals surface area contributed by atoms with Crippen LogP contribution >= 0.6 is 18.9 Å². The van der Waals surface area contributed by atoms with Crippen LogP contribution in [0.1, 0.15) is 50.8 Å². The molecule has 3 aliphatic heterocycles. The summed E-state index contributed by atoms with van der Waals surface area (Å²) in [5.74, 6) is 2.86. The summed E-state index contributed by atoms with van der Waals surface area (Å²) < 4.78 is 14.7. The molecular weight excluding hydrogens is 853 g/mol. The van der Waals surface area contributed by atoms with Gasteiger partial charge in [-0.05, 0) is 0 Å². The van der Waals surface area contributed by atoms with Gasteiger partial charge in [0.15, 0.2) is 0 Å². The summed E-state index contributed by atoms with van der Waals surface area (Å²) in [6.07, 6.45) is 8.94. The average Bonchev–Trinajstić information content (AvgIpc) is 3.34. The second-order valence-corrected chi connectivity index (χ2v) is 24.2. The van der Waals surface area contributed by atoms with Gasteiger partial charge in [0.1, 0.15) is 0 Å². The third kappa shape index (κ3) is 8.73. The monoisotopic (exact) mass is 907 g/mol. The Balaban J connectivity index is 1.19. The quantitative estimate of drug-likeness (QED) is 0.0747. The fraction of sp³-hybridized carbons (Fsp3) is 0.224. The van der Waals surface area contributed by atoms with E-state index in [0.29, 0.717) is 34.3 Å². The van der Waals surface area contributed by atoms with Gasteiger partial charge in [-0.2, -0.15) is 0 Å². The van der Waals surface area contributed by atoms with Crippen molar-refractivity contribution >= 4 is 29.8 Å². The zero-order valence-corrected chi connectivity index (χ0v) is 39.5. The van der Waals surface area contributed by atoms with Crippen LogP contribution in [0.3, 0.4) is 0 Å². The molecule has 8 aromatic rings. The number of rotatable bonds is 12. The first-order valence-corrected chi connectivity index (χ1v) is 26.2. The number of aromatic hydroxyl groups is 1. The molecule has 6 aromatic carbocycles. The number of allylic oxidation sites excluding steroid dienone is 1. The minimum absolute atomic E-state index is 0.142. The first-order valence-electron chi connectivity index (χ1n) is 23.1. The van der Waals surface area contributed by atoms with E-state index in [0.717, 1.165) is 86.9 Å². The van der Waals surface area contributed by atoms with E-state index < -0.39 is 19.0 Å². The topological polar surface area (TPSA) is 77.4 Å². The van der Waals surface area contributed by atoms with Gasteiger partial charge in [-0.1, -0.05) is 0 Å². The summed E-state index contributed by atoms with van der Waals surface area (Å²) in [5, 5.41) is 12.2. The SMILES string of the molecule is C=CC1C[PH]2(Cc3cc(-c4ccccc4)c(OC(C)(C)C)c(-c4ccccc4)c3)CCC1CC2C(Oc1nc(-c2ccccc2)nc(Cl)c1-c1ccccc1)c1ccnc2ccc(O)cc12. The molecule has 0 radical (unpaired) electrons. The zero-order chi connectivity index (χ0) is 45.4. The van der Waals surface area contributed by atoms with Gasteiger partial charge in [-0.3, -0.25) is 0 Å². The first-order chi connectivity index (χ1) is 32.1. The minimum atomic E-state index is -2.44. The van der Waals surface area contributed by atoms with Crippen molar-refractivity contribution in [3.8, 4) is 62.1 Å². The third-order valence-corrected chi connectivity index (χ3v) is 19.9. The fourth-order valence-corrected chi connectivity index (χ4v) is 17.7. The van der Waals surface area contributed by atoms with E-state index >= 15 is 0 Å². The molecule has 8 heteroatoms. The predicted molar refractivity (Wildman–Crippen MR) is 274 cm³/mol. The van der Waals surface area contributed by atoms with Gasteiger partial charge >= 0.3 is 396 Å². The third-order valence-electron chi connectivity index (χ3n) is 13.8. The van der Waals surface area contributed by atoms with E-state index in [4.69, 9.17) is 36.0 Å². The Bertz CT molecular complexity index is 2960. The number of nitrogens with zero attached hydrogens (tertiary/aromatic N) is 3. The van der Waals surface area contributed by atoms with Crippen LogP contribution in [0.2, 0.25) is 5.15 Å². The molecule has 0 amide bonds. The maximum atomic E-state index is 11.1. The summed E-state index contributed by atoms with van der Waals surface area (Å²) in [4.78, 5) is 14.9. The van der Waals surface area contributed by atoms with Crippen LogP contribution in [-0.4, -0.2) is 43.6 Å². The maximum absolute atomic E-state index is 11.1. The average molecular weight is 909 g/mol. The molecule has 0 aliphatic carbocycles. The molecule has 3 saturated heterocycles. The van der Waals surface area contributed by atoms with Crippen LogP contribution in [0.4, 0.5) is 0 Å². The van der Waals surface area contributed by atoms with Crippen molar-refractivity contribution in [3.63, 3.8) is 0 Å². The van der Waals surface area contributed by atoms with Crippen LogP contribution in [0.5, 0.6) is 17.4 Å². The van der Waals surface area contributed by atoms with E-state index in [1.165, 1.54) is 5.56 Å². The molecule has 4 atom stereocenters. The standard InChI is InChI=1S/C58H55ClN3O3P/c1-5-39-37-66(36-38-32-47(40-18-10-6-11-19-40)53(65-58(2,3)4)48(33-38)41-20-12-7-13-21-41)31-29-44(39)34-51(66)54(46-28-30-60-50-27-26-45(63)35-49(46)50)64-57-52(42-22-14-8-15-23-42)55(59)61-56(62-57)43-24-16-9-17-25-43/h5-28,30,32-33,35,39,44,51,54,63,66H,1,29,31,34,36-37H2,2-4H3. The Morgan fingerprint density at radius 2 is 1.38 bits per heavy atom. The molecule has 5 heterocycles. The number of halogens is 1. The van der Waals surface area contributed by atoms with Crippen molar-refractivity contribution in [3.05, 3.63) is 193 Å². The van der Waals surface area contributed by atoms with Gasteiger partial charge in [-0.15, -0.1) is 0 Å². The van der Waals surface area contributed by atoms with E-state index in [2.05, 4.69) is 112 Å². The predicted octanol–water partition coefficient (Wildman–Crippen LogP) is 14.9. The summed E-state index contributed by atoms with van der Waals surface area (Å²) in [5.41, 5.74) is 9.58. The van der Waals surface area contributed by atoms with Crippen LogP contribution in [-0.2, 0) is 6.16 Å². The molecule has 332 valence electrons. The molecule has 4 unspecified atom stereocenters. The number of pyridine rings is 1. The molecule has 66 heavy (non-hydrogen) atoms. The Labute approximate surface area is 393 Å². The van der Waals surface area contributed by atoms with E-state index in [-0.39, 0.29) is 11.4 Å². The number of aromatic nitrogens is 3. The molecular formula is C58H55ClN3O3P. The molecule has 11 rings (SSSR count). The number of fused-ring (bicyclic) bond motifs is 4. The fourth-order valence-electron chi connectivity index (χ4n) is 10.9. The molecule has 6 nitrogen and oxygen atoms in total. The second-order valence-electron chi connectivity index (χ2n) is 19.1. The summed E-state index contributed by atoms with van der Waals surface area (Å²) in [7, 11) is -2.44. The van der Waals surface area contributed by atoms with Gasteiger partial charge in [0, 0.05) is 0 Å². The van der Waals surface area contributed by atoms with Crippen molar-refractivity contribution < 1.29 is 14.6 Å². The first kappa shape index (κ1) is 43.6. The number of ether oxygens (including phenoxy) is 2. The number of phenols is 1. The summed E-state index contributed by atoms with van der Waals surface area (Å²) >= 11 is 7.28. The Morgan fingerprint density at radius 1 is 0.773 bits per heavy atom. The summed E-state index contributed by atoms with van der Waals surface area (Å²) in [6, 6.07) is 53.7. The molecule has 2 bridgehead atoms. The van der Waals surface area contributed by atoms with Crippen molar-refractivity contribution in [2.75, 3.05) is 12.3 Å². The van der Waals surface area contributed by atoms with Crippen LogP contribution < -0.4 is 9.47 Å². The normalized spacial score (nSPS) is 18.6. The second kappa shape index (κ2) is 18.2. The number of phenolic OH excluding ortho intramolecular Hbond substituents is 1. The van der Waals surface area contributed by atoms with Gasteiger partial charge in [0.25, 0.3) is 0 Å². The van der Waals surface area contributed by atoms with Gasteiger partial charge in [0.05, 0.1) is 0 Å². The molecule has 3 aliphatic rings. The van der Waals surface area contributed by atoms with Gasteiger partial charge < -0.3 is 0 Å². The Kier molecular flexibility index (Phi) is 12.0. The van der Waals surface area contributed by atoms with E-state index in [1.807, 2.05) is 79.0 Å². The Morgan fingerprint density at radius 3 is 1.98 bits per heavy atom. The zero-order valence-electron chi connectivity index (χ0n) is 37.7. The molecule has 1 N–H and O–H groups in total. The van der Waals surface area contributed by atoms with Crippen LogP contribution in [0.15, 0.2) is 177 Å². The molecule has 0 spiro atoms. The molecule has 0 saturated carbocycles. The van der Waals surface area contributed by atoms with Crippen molar-refractivity contribution in [2.24, 2.45) is 11.8 Å². The van der Waals surface area contributed by atoms with Gasteiger partial charge in [-0.25, -0.2) is 0 Å². The van der Waals surface area contributed by atoms with Gasteiger partial charge in [0.2, 0.25) is 0 Å². The number of benzene rings is 6. The Hall–Kier alpha value is -6.33. The number of hydrogen-bond acceptors (Lipinski definition) is 6. The number of hydrogen-bond donors (Lipinski definition) is 1. The van der Waals surface area contributed by atoms with Crippen LogP contribution in [0, 0.1) is 11.8 Å². The van der Waals surface area contributed by atoms with Crippen molar-refractivity contribution in [2.45, 2.75) is 57.1 Å². The summed E-state index contributed by atoms with van der Waals surface area (Å²) in [6.45, 7) is 10.8. The van der Waals surface area contributed by atoms with Crippen LogP contribution in [0.25, 0.3) is 55.7 Å². The van der Waals surface area contributed by atoms with Crippen molar-refractivity contribution in [1.29, 1.82) is 0 Å². The van der Waals surface area contributed by atoms with E-state index in [1.54, 1.807) is 6.07 Å².